The molecular formula is C10H16O2. The van der Waals surface area contributed by atoms with Crippen molar-refractivity contribution in [2.45, 2.75) is 51.0 Å². The van der Waals surface area contributed by atoms with E-state index in [0.29, 0.717) is 12.3 Å². The number of fused-ring (bicyclic) bond motifs is 1. The van der Waals surface area contributed by atoms with Crippen LogP contribution in [0.15, 0.2) is 0 Å². The molecule has 2 aliphatic rings. The summed E-state index contributed by atoms with van der Waals surface area (Å²) >= 11 is 0. The van der Waals surface area contributed by atoms with Crippen LogP contribution in [0.1, 0.15) is 44.9 Å². The molecule has 68 valence electrons. The van der Waals surface area contributed by atoms with Crippen LogP contribution in [-0.2, 0) is 9.53 Å². The highest BCUT2D eigenvalue weighted by atomic mass is 16.5. The van der Waals surface area contributed by atoms with E-state index in [2.05, 4.69) is 0 Å². The van der Waals surface area contributed by atoms with E-state index in [-0.39, 0.29) is 12.1 Å². The number of rotatable bonds is 0. The zero-order valence-corrected chi connectivity index (χ0v) is 7.42. The van der Waals surface area contributed by atoms with Crippen molar-refractivity contribution in [3.05, 3.63) is 0 Å². The molecular weight excluding hydrogens is 152 g/mol. The SMILES string of the molecule is O=C1C[C@H]2CCCCCC[C@H]2O1. The average molecular weight is 168 g/mol. The average Bonchev–Trinajstić information content (AvgIpc) is 2.32. The Morgan fingerprint density at radius 2 is 1.83 bits per heavy atom. The van der Waals surface area contributed by atoms with E-state index in [9.17, 15) is 4.79 Å². The van der Waals surface area contributed by atoms with Crippen molar-refractivity contribution in [1.82, 2.24) is 0 Å². The van der Waals surface area contributed by atoms with Gasteiger partial charge in [0.2, 0.25) is 0 Å². The molecule has 0 aromatic heterocycles. The molecule has 1 heterocycles. The van der Waals surface area contributed by atoms with E-state index < -0.39 is 0 Å². The number of hydrogen-bond acceptors (Lipinski definition) is 2. The number of hydrogen-bond donors (Lipinski definition) is 0. The zero-order chi connectivity index (χ0) is 8.39. The third-order valence-electron chi connectivity index (χ3n) is 3.05. The summed E-state index contributed by atoms with van der Waals surface area (Å²) in [6.45, 7) is 0. The Kier molecular flexibility index (Phi) is 2.33. The van der Waals surface area contributed by atoms with Gasteiger partial charge in [-0.3, -0.25) is 4.79 Å². The molecule has 0 aromatic carbocycles. The van der Waals surface area contributed by atoms with E-state index in [4.69, 9.17) is 4.74 Å². The fourth-order valence-electron chi connectivity index (χ4n) is 2.35. The van der Waals surface area contributed by atoms with Gasteiger partial charge in [0.25, 0.3) is 0 Å². The van der Waals surface area contributed by atoms with E-state index in [1.807, 2.05) is 0 Å². The molecule has 0 radical (unpaired) electrons. The quantitative estimate of drug-likeness (QED) is 0.519. The normalized spacial score (nSPS) is 36.5. The number of carbonyl (C=O) groups excluding carboxylic acids is 1. The van der Waals surface area contributed by atoms with Crippen LogP contribution in [0.4, 0.5) is 0 Å². The zero-order valence-electron chi connectivity index (χ0n) is 7.42. The first kappa shape index (κ1) is 8.09. The monoisotopic (exact) mass is 168 g/mol. The Morgan fingerprint density at radius 1 is 1.08 bits per heavy atom. The van der Waals surface area contributed by atoms with Crippen molar-refractivity contribution in [1.29, 1.82) is 0 Å². The first-order valence-corrected chi connectivity index (χ1v) is 5.06. The van der Waals surface area contributed by atoms with Crippen molar-refractivity contribution >= 4 is 5.97 Å². The Labute approximate surface area is 73.3 Å². The molecule has 0 aromatic rings. The fourth-order valence-corrected chi connectivity index (χ4v) is 2.35. The standard InChI is InChI=1S/C10H16O2/c11-10-7-8-5-3-1-2-4-6-9(8)12-10/h8-9H,1-7H2/t8-,9-/m1/s1. The predicted molar refractivity (Wildman–Crippen MR) is 45.7 cm³/mol. The third kappa shape index (κ3) is 1.62. The smallest absolute Gasteiger partial charge is 0.306 e. The second kappa shape index (κ2) is 3.46. The molecule has 2 atom stereocenters. The first-order valence-electron chi connectivity index (χ1n) is 5.06. The molecule has 2 heteroatoms. The third-order valence-corrected chi connectivity index (χ3v) is 3.05. The van der Waals surface area contributed by atoms with Crippen molar-refractivity contribution in [2.75, 3.05) is 0 Å². The molecule has 0 N–H and O–H groups in total. The van der Waals surface area contributed by atoms with Gasteiger partial charge in [-0.15, -0.1) is 0 Å². The number of ether oxygens (including phenoxy) is 1. The van der Waals surface area contributed by atoms with Crippen LogP contribution in [-0.4, -0.2) is 12.1 Å². The van der Waals surface area contributed by atoms with E-state index in [1.165, 1.54) is 32.1 Å². The molecule has 2 rings (SSSR count). The lowest BCUT2D eigenvalue weighted by Crippen LogP contribution is -2.17. The molecule has 0 amide bonds. The van der Waals surface area contributed by atoms with Crippen LogP contribution in [0.25, 0.3) is 0 Å². The summed E-state index contributed by atoms with van der Waals surface area (Å²) < 4.78 is 5.26. The molecule has 0 spiro atoms. The highest BCUT2D eigenvalue weighted by Gasteiger charge is 2.34. The van der Waals surface area contributed by atoms with Gasteiger partial charge in [-0.05, 0) is 19.3 Å². The van der Waals surface area contributed by atoms with E-state index in [1.54, 1.807) is 0 Å². The van der Waals surface area contributed by atoms with Crippen LogP contribution in [0, 0.1) is 5.92 Å². The summed E-state index contributed by atoms with van der Waals surface area (Å²) in [5.41, 5.74) is 0. The van der Waals surface area contributed by atoms with Crippen molar-refractivity contribution in [2.24, 2.45) is 5.92 Å². The van der Waals surface area contributed by atoms with Gasteiger partial charge in [-0.1, -0.05) is 19.3 Å². The largest absolute Gasteiger partial charge is 0.462 e. The Hall–Kier alpha value is -0.530. The fraction of sp³-hybridized carbons (Fsp3) is 0.900. The van der Waals surface area contributed by atoms with Gasteiger partial charge >= 0.3 is 5.97 Å². The minimum atomic E-state index is 0.0342. The van der Waals surface area contributed by atoms with Gasteiger partial charge in [0.05, 0.1) is 6.42 Å². The summed E-state index contributed by atoms with van der Waals surface area (Å²) in [6, 6.07) is 0. The molecule has 2 nitrogen and oxygen atoms in total. The molecule has 1 saturated carbocycles. The van der Waals surface area contributed by atoms with Crippen LogP contribution < -0.4 is 0 Å². The maximum absolute atomic E-state index is 11.0. The molecule has 1 aliphatic carbocycles. The molecule has 0 bridgehead atoms. The van der Waals surface area contributed by atoms with Gasteiger partial charge in [0.15, 0.2) is 0 Å². The first-order chi connectivity index (χ1) is 5.86. The van der Waals surface area contributed by atoms with E-state index in [0.717, 1.165) is 6.42 Å². The maximum Gasteiger partial charge on any atom is 0.306 e. The summed E-state index contributed by atoms with van der Waals surface area (Å²) in [5.74, 6) is 0.588. The summed E-state index contributed by atoms with van der Waals surface area (Å²) in [5, 5.41) is 0. The lowest BCUT2D eigenvalue weighted by atomic mass is 9.88. The number of esters is 1. The Bertz CT molecular complexity index is 159. The minimum Gasteiger partial charge on any atom is -0.462 e. The molecule has 1 saturated heterocycles. The lowest BCUT2D eigenvalue weighted by Gasteiger charge is -2.19. The lowest BCUT2D eigenvalue weighted by molar-refractivity contribution is -0.141. The molecule has 2 fully saturated rings. The van der Waals surface area contributed by atoms with Crippen LogP contribution in [0.3, 0.4) is 0 Å². The summed E-state index contributed by atoms with van der Waals surface area (Å²) in [4.78, 5) is 11.0. The topological polar surface area (TPSA) is 26.3 Å². The predicted octanol–water partition coefficient (Wildman–Crippen LogP) is 2.27. The molecule has 12 heavy (non-hydrogen) atoms. The van der Waals surface area contributed by atoms with Crippen molar-refractivity contribution in [3.8, 4) is 0 Å². The van der Waals surface area contributed by atoms with E-state index >= 15 is 0 Å². The van der Waals surface area contributed by atoms with Gasteiger partial charge in [0, 0.05) is 5.92 Å². The van der Waals surface area contributed by atoms with Crippen LogP contribution >= 0.6 is 0 Å². The summed E-state index contributed by atoms with van der Waals surface area (Å²) in [7, 11) is 0. The van der Waals surface area contributed by atoms with Gasteiger partial charge in [-0.2, -0.15) is 0 Å². The highest BCUT2D eigenvalue weighted by molar-refractivity contribution is 5.72. The number of carbonyl (C=O) groups is 1. The second-order valence-electron chi connectivity index (χ2n) is 3.98. The Morgan fingerprint density at radius 3 is 2.67 bits per heavy atom. The maximum atomic E-state index is 11.0. The summed E-state index contributed by atoms with van der Waals surface area (Å²) in [6.07, 6.45) is 8.47. The molecule has 1 aliphatic heterocycles. The van der Waals surface area contributed by atoms with Crippen LogP contribution in [0.5, 0.6) is 0 Å². The minimum absolute atomic E-state index is 0.0342. The van der Waals surface area contributed by atoms with Gasteiger partial charge in [0.1, 0.15) is 6.10 Å². The Balaban J connectivity index is 1.96. The van der Waals surface area contributed by atoms with Crippen molar-refractivity contribution in [3.63, 3.8) is 0 Å². The van der Waals surface area contributed by atoms with Crippen molar-refractivity contribution < 1.29 is 9.53 Å². The molecule has 0 unspecified atom stereocenters. The highest BCUT2D eigenvalue weighted by Crippen LogP contribution is 2.32. The van der Waals surface area contributed by atoms with Gasteiger partial charge < -0.3 is 4.74 Å². The second-order valence-corrected chi connectivity index (χ2v) is 3.98. The van der Waals surface area contributed by atoms with Crippen LogP contribution in [0.2, 0.25) is 0 Å². The van der Waals surface area contributed by atoms with Gasteiger partial charge in [-0.25, -0.2) is 0 Å².